The Bertz CT molecular complexity index is 893. The largest absolute Gasteiger partial charge is 0.493 e. The highest BCUT2D eigenvalue weighted by molar-refractivity contribution is 6.31. The van der Waals surface area contributed by atoms with Crippen LogP contribution < -0.4 is 14.8 Å². The van der Waals surface area contributed by atoms with Crippen LogP contribution in [-0.4, -0.2) is 49.7 Å². The third kappa shape index (κ3) is 7.52. The molecule has 0 saturated carbocycles. The Balaban J connectivity index is 1.28. The standard InChI is InChI=1S/C22H24Cl2F2N2O3/c23-18-4-2-16(12-20(18)25)30-11-1-8-28-9-6-15(7-10-28)27-22(29)14-31-17-3-5-19(24)21(26)13-17/h2-5,12-13,15H,1,6-11,14H2,(H,27,29). The van der Waals surface area contributed by atoms with E-state index in [0.29, 0.717) is 12.4 Å². The van der Waals surface area contributed by atoms with Gasteiger partial charge in [0.2, 0.25) is 0 Å². The SMILES string of the molecule is O=C(COc1ccc(Cl)c(F)c1)NC1CCN(CCCOc2ccc(Cl)c(F)c2)CC1. The highest BCUT2D eigenvalue weighted by Gasteiger charge is 2.20. The minimum atomic E-state index is -0.585. The van der Waals surface area contributed by atoms with Crippen LogP contribution in [0.25, 0.3) is 0 Å². The molecule has 5 nitrogen and oxygen atoms in total. The molecule has 1 saturated heterocycles. The lowest BCUT2D eigenvalue weighted by Gasteiger charge is -2.32. The smallest absolute Gasteiger partial charge is 0.258 e. The van der Waals surface area contributed by atoms with Crippen molar-refractivity contribution in [1.82, 2.24) is 10.2 Å². The van der Waals surface area contributed by atoms with E-state index < -0.39 is 11.6 Å². The number of likely N-dealkylation sites (tertiary alicyclic amines) is 1. The van der Waals surface area contributed by atoms with Gasteiger partial charge in [0.25, 0.3) is 5.91 Å². The first-order valence-corrected chi connectivity index (χ1v) is 10.8. The van der Waals surface area contributed by atoms with E-state index >= 15 is 0 Å². The second-order valence-electron chi connectivity index (χ2n) is 7.33. The number of piperidine rings is 1. The third-order valence-corrected chi connectivity index (χ3v) is 5.61. The van der Waals surface area contributed by atoms with Crippen molar-refractivity contribution < 1.29 is 23.0 Å². The van der Waals surface area contributed by atoms with Crippen LogP contribution in [0.2, 0.25) is 10.0 Å². The highest BCUT2D eigenvalue weighted by atomic mass is 35.5. The van der Waals surface area contributed by atoms with E-state index in [1.54, 1.807) is 6.07 Å². The molecule has 0 aromatic heterocycles. The number of halogens is 4. The molecule has 2 aromatic rings. The first-order valence-electron chi connectivity index (χ1n) is 10.1. The molecule has 1 heterocycles. The highest BCUT2D eigenvalue weighted by Crippen LogP contribution is 2.21. The molecule has 9 heteroatoms. The van der Waals surface area contributed by atoms with Gasteiger partial charge in [0.15, 0.2) is 6.61 Å². The van der Waals surface area contributed by atoms with Gasteiger partial charge < -0.3 is 19.7 Å². The summed E-state index contributed by atoms with van der Waals surface area (Å²) in [5.74, 6) is -0.591. The molecule has 1 aliphatic heterocycles. The summed E-state index contributed by atoms with van der Waals surface area (Å²) in [6.45, 7) is 2.90. The number of nitrogens with zero attached hydrogens (tertiary/aromatic N) is 1. The molecule has 0 bridgehead atoms. The zero-order chi connectivity index (χ0) is 22.2. The van der Waals surface area contributed by atoms with Gasteiger partial charge in [-0.15, -0.1) is 0 Å². The molecule has 0 radical (unpaired) electrons. The molecule has 1 fully saturated rings. The maximum atomic E-state index is 13.4. The van der Waals surface area contributed by atoms with Crippen molar-refractivity contribution in [1.29, 1.82) is 0 Å². The lowest BCUT2D eigenvalue weighted by Crippen LogP contribution is -2.46. The molecule has 0 spiro atoms. The van der Waals surface area contributed by atoms with Gasteiger partial charge in [-0.2, -0.15) is 0 Å². The maximum Gasteiger partial charge on any atom is 0.258 e. The molecule has 168 valence electrons. The third-order valence-electron chi connectivity index (χ3n) is 4.99. The number of carbonyl (C=O) groups excluding carboxylic acids is 1. The molecule has 0 atom stereocenters. The zero-order valence-corrected chi connectivity index (χ0v) is 18.4. The number of nitrogens with one attached hydrogen (secondary N) is 1. The summed E-state index contributed by atoms with van der Waals surface area (Å²) in [6, 6.07) is 8.55. The van der Waals surface area contributed by atoms with Crippen molar-refractivity contribution in [3.05, 3.63) is 58.1 Å². The number of benzene rings is 2. The van der Waals surface area contributed by atoms with Crippen molar-refractivity contribution in [3.8, 4) is 11.5 Å². The van der Waals surface area contributed by atoms with Gasteiger partial charge in [-0.3, -0.25) is 4.79 Å². The Kier molecular flexibility index (Phi) is 8.75. The van der Waals surface area contributed by atoms with Crippen molar-refractivity contribution in [2.75, 3.05) is 32.8 Å². The topological polar surface area (TPSA) is 50.8 Å². The molecule has 3 rings (SSSR count). The molecular formula is C22H24Cl2F2N2O3. The van der Waals surface area contributed by atoms with Crippen LogP contribution >= 0.6 is 23.2 Å². The molecule has 1 N–H and O–H groups in total. The summed E-state index contributed by atoms with van der Waals surface area (Å²) in [6.07, 6.45) is 2.49. The van der Waals surface area contributed by atoms with Crippen LogP contribution in [-0.2, 0) is 4.79 Å². The first kappa shape index (κ1) is 23.6. The van der Waals surface area contributed by atoms with Crippen LogP contribution in [0.15, 0.2) is 36.4 Å². The van der Waals surface area contributed by atoms with Gasteiger partial charge >= 0.3 is 0 Å². The van der Waals surface area contributed by atoms with Crippen LogP contribution in [0.1, 0.15) is 19.3 Å². The molecule has 0 aliphatic carbocycles. The van der Waals surface area contributed by atoms with E-state index in [1.165, 1.54) is 24.3 Å². The lowest BCUT2D eigenvalue weighted by molar-refractivity contribution is -0.124. The first-order chi connectivity index (χ1) is 14.9. The van der Waals surface area contributed by atoms with Crippen molar-refractivity contribution >= 4 is 29.1 Å². The predicted molar refractivity (Wildman–Crippen MR) is 116 cm³/mol. The summed E-state index contributed by atoms with van der Waals surface area (Å²) < 4.78 is 37.7. The minimum Gasteiger partial charge on any atom is -0.493 e. The molecule has 2 aromatic carbocycles. The number of hydrogen-bond acceptors (Lipinski definition) is 4. The van der Waals surface area contributed by atoms with E-state index in [0.717, 1.165) is 45.0 Å². The second-order valence-corrected chi connectivity index (χ2v) is 8.14. The second kappa shape index (κ2) is 11.5. The Morgan fingerprint density at radius 2 is 1.58 bits per heavy atom. The van der Waals surface area contributed by atoms with Crippen molar-refractivity contribution in [2.45, 2.75) is 25.3 Å². The predicted octanol–water partition coefficient (Wildman–Crippen LogP) is 4.70. The summed E-state index contributed by atoms with van der Waals surface area (Å²) in [7, 11) is 0. The minimum absolute atomic E-state index is 0.00833. The molecule has 0 unspecified atom stereocenters. The Hall–Kier alpha value is -2.09. The molecule has 1 aliphatic rings. The Morgan fingerprint density at radius 1 is 1.00 bits per heavy atom. The van der Waals surface area contributed by atoms with Crippen LogP contribution in [0.5, 0.6) is 11.5 Å². The average molecular weight is 473 g/mol. The van der Waals surface area contributed by atoms with Crippen LogP contribution in [0.3, 0.4) is 0 Å². The van der Waals surface area contributed by atoms with E-state index in [-0.39, 0.29) is 34.4 Å². The normalized spacial score (nSPS) is 15.0. The van der Waals surface area contributed by atoms with Gasteiger partial charge in [0.05, 0.1) is 16.7 Å². The number of ether oxygens (including phenoxy) is 2. The molecule has 1 amide bonds. The Labute approximate surface area is 190 Å². The maximum absolute atomic E-state index is 13.4. The summed E-state index contributed by atoms with van der Waals surface area (Å²) in [4.78, 5) is 14.4. The van der Waals surface area contributed by atoms with Gasteiger partial charge in [-0.05, 0) is 43.5 Å². The van der Waals surface area contributed by atoms with E-state index in [9.17, 15) is 13.6 Å². The molecular weight excluding hydrogens is 449 g/mol. The van der Waals surface area contributed by atoms with Gasteiger partial charge in [-0.1, -0.05) is 23.2 Å². The zero-order valence-electron chi connectivity index (χ0n) is 16.9. The monoisotopic (exact) mass is 472 g/mol. The van der Waals surface area contributed by atoms with Gasteiger partial charge in [-0.25, -0.2) is 8.78 Å². The Morgan fingerprint density at radius 3 is 2.16 bits per heavy atom. The van der Waals surface area contributed by atoms with Crippen LogP contribution in [0, 0.1) is 11.6 Å². The van der Waals surface area contributed by atoms with Gasteiger partial charge in [0.1, 0.15) is 23.1 Å². The van der Waals surface area contributed by atoms with Crippen molar-refractivity contribution in [3.63, 3.8) is 0 Å². The fourth-order valence-electron chi connectivity index (χ4n) is 3.33. The fraction of sp³-hybridized carbons (Fsp3) is 0.409. The van der Waals surface area contributed by atoms with E-state index in [4.69, 9.17) is 32.7 Å². The van der Waals surface area contributed by atoms with Crippen molar-refractivity contribution in [2.24, 2.45) is 0 Å². The molecule has 31 heavy (non-hydrogen) atoms. The van der Waals surface area contributed by atoms with Gasteiger partial charge in [0, 0.05) is 37.8 Å². The number of carbonyl (C=O) groups is 1. The quantitative estimate of drug-likeness (QED) is 0.537. The van der Waals surface area contributed by atoms with E-state index in [1.807, 2.05) is 0 Å². The number of hydrogen-bond donors (Lipinski definition) is 1. The number of rotatable bonds is 9. The number of amides is 1. The fourth-order valence-corrected chi connectivity index (χ4v) is 3.57. The summed E-state index contributed by atoms with van der Waals surface area (Å²) >= 11 is 11.3. The van der Waals surface area contributed by atoms with Crippen LogP contribution in [0.4, 0.5) is 8.78 Å². The average Bonchev–Trinajstić information content (AvgIpc) is 2.75. The van der Waals surface area contributed by atoms with E-state index in [2.05, 4.69) is 10.2 Å². The summed E-state index contributed by atoms with van der Waals surface area (Å²) in [5.41, 5.74) is 0. The summed E-state index contributed by atoms with van der Waals surface area (Å²) in [5, 5.41) is 3.04. The lowest BCUT2D eigenvalue weighted by atomic mass is 10.0.